The number of fused-ring (bicyclic) bond motifs is 1. The second kappa shape index (κ2) is 8.17. The zero-order valence-electron chi connectivity index (χ0n) is 17.4. The zero-order chi connectivity index (χ0) is 20.4. The molecule has 2 atom stereocenters. The highest BCUT2D eigenvalue weighted by molar-refractivity contribution is 5.99. The normalized spacial score (nSPS) is 18.9. The molecule has 2 amide bonds. The molecule has 1 aliphatic rings. The summed E-state index contributed by atoms with van der Waals surface area (Å²) in [5, 5.41) is 0. The summed E-state index contributed by atoms with van der Waals surface area (Å²) in [6, 6.07) is 17.8. The Kier molecular flexibility index (Phi) is 5.87. The maximum absolute atomic E-state index is 13.2. The predicted molar refractivity (Wildman–Crippen MR) is 114 cm³/mol. The summed E-state index contributed by atoms with van der Waals surface area (Å²) in [4.78, 5) is 30.0. The quantitative estimate of drug-likeness (QED) is 0.734. The summed E-state index contributed by atoms with van der Waals surface area (Å²) >= 11 is 0. The molecule has 0 fully saturated rings. The molecule has 28 heavy (non-hydrogen) atoms. The van der Waals surface area contributed by atoms with Gasteiger partial charge in [-0.25, -0.2) is 0 Å². The van der Waals surface area contributed by atoms with Crippen molar-refractivity contribution < 1.29 is 9.59 Å². The molecule has 4 heteroatoms. The van der Waals surface area contributed by atoms with E-state index < -0.39 is 0 Å². The van der Waals surface area contributed by atoms with Crippen molar-refractivity contribution in [3.63, 3.8) is 0 Å². The van der Waals surface area contributed by atoms with E-state index in [0.29, 0.717) is 6.42 Å². The molecule has 3 rings (SSSR count). The van der Waals surface area contributed by atoms with E-state index in [-0.39, 0.29) is 35.7 Å². The van der Waals surface area contributed by atoms with Crippen molar-refractivity contribution in [3.05, 3.63) is 60.2 Å². The fraction of sp³-hybridized carbons (Fsp3) is 0.417. The van der Waals surface area contributed by atoms with E-state index in [9.17, 15) is 9.59 Å². The first-order valence-electron chi connectivity index (χ1n) is 10.1. The van der Waals surface area contributed by atoms with Crippen LogP contribution < -0.4 is 9.80 Å². The zero-order valence-corrected chi connectivity index (χ0v) is 17.4. The number of nitrogens with zero attached hydrogens (tertiary/aromatic N) is 2. The molecular formula is C24H30N2O2. The van der Waals surface area contributed by atoms with Gasteiger partial charge in [0.2, 0.25) is 11.8 Å². The van der Waals surface area contributed by atoms with Gasteiger partial charge >= 0.3 is 0 Å². The minimum atomic E-state index is -0.113. The smallest absolute Gasteiger partial charge is 0.230 e. The van der Waals surface area contributed by atoms with E-state index >= 15 is 0 Å². The van der Waals surface area contributed by atoms with Crippen molar-refractivity contribution in [3.8, 4) is 0 Å². The summed E-state index contributed by atoms with van der Waals surface area (Å²) in [7, 11) is 0. The molecule has 0 radical (unpaired) electrons. The van der Waals surface area contributed by atoms with Gasteiger partial charge in [-0.1, -0.05) is 64.1 Å². The molecule has 0 bridgehead atoms. The third-order valence-corrected chi connectivity index (χ3v) is 5.37. The van der Waals surface area contributed by atoms with Crippen LogP contribution in [0.15, 0.2) is 54.6 Å². The number of amides is 2. The summed E-state index contributed by atoms with van der Waals surface area (Å²) in [5.74, 6) is 0.0364. The van der Waals surface area contributed by atoms with E-state index in [1.54, 1.807) is 0 Å². The Bertz CT molecular complexity index is 845. The highest BCUT2D eigenvalue weighted by Crippen LogP contribution is 2.43. The minimum absolute atomic E-state index is 0.0148. The summed E-state index contributed by atoms with van der Waals surface area (Å²) in [6.07, 6.45) is 0.711. The van der Waals surface area contributed by atoms with Crippen LogP contribution >= 0.6 is 0 Å². The maximum atomic E-state index is 13.2. The number of carbonyl (C=O) groups excluding carboxylic acids is 2. The van der Waals surface area contributed by atoms with Crippen LogP contribution in [-0.2, 0) is 9.59 Å². The molecule has 0 aromatic heterocycles. The number of carbonyl (C=O) groups is 2. The Balaban J connectivity index is 2.13. The molecule has 0 spiro atoms. The molecule has 0 aliphatic carbocycles. The largest absolute Gasteiger partial charge is 0.309 e. The Morgan fingerprint density at radius 3 is 2.14 bits per heavy atom. The second-order valence-electron chi connectivity index (χ2n) is 8.22. The first kappa shape index (κ1) is 20.1. The standard InChI is InChI=1S/C24H30N2O2/c1-16(2)23(27)25-18(5)15-22(20-13-9-10-14-21(20)25)26(24(28)17(3)4)19-11-7-6-8-12-19/h6-14,16-18,22H,15H2,1-5H3. The van der Waals surface area contributed by atoms with Crippen LogP contribution in [0.5, 0.6) is 0 Å². The molecular weight excluding hydrogens is 348 g/mol. The van der Waals surface area contributed by atoms with Gasteiger partial charge in [0.05, 0.1) is 6.04 Å². The van der Waals surface area contributed by atoms with Gasteiger partial charge in [0.15, 0.2) is 0 Å². The fourth-order valence-electron chi connectivity index (χ4n) is 3.97. The van der Waals surface area contributed by atoms with Crippen LogP contribution in [0, 0.1) is 11.8 Å². The van der Waals surface area contributed by atoms with Crippen molar-refractivity contribution in [2.45, 2.75) is 53.1 Å². The SMILES string of the molecule is CC(C)C(=O)N1c2ccccc2C(N(C(=O)C(C)C)c2ccccc2)CC1C. The lowest BCUT2D eigenvalue weighted by Crippen LogP contribution is -2.49. The highest BCUT2D eigenvalue weighted by Gasteiger charge is 2.39. The van der Waals surface area contributed by atoms with E-state index in [1.807, 2.05) is 86.0 Å². The van der Waals surface area contributed by atoms with E-state index in [4.69, 9.17) is 0 Å². The molecule has 2 unspecified atom stereocenters. The number of benzene rings is 2. The van der Waals surface area contributed by atoms with Crippen molar-refractivity contribution in [2.24, 2.45) is 11.8 Å². The lowest BCUT2D eigenvalue weighted by molar-refractivity contribution is -0.122. The minimum Gasteiger partial charge on any atom is -0.309 e. The van der Waals surface area contributed by atoms with Gasteiger partial charge < -0.3 is 9.80 Å². The summed E-state index contributed by atoms with van der Waals surface area (Å²) in [6.45, 7) is 9.81. The van der Waals surface area contributed by atoms with E-state index in [2.05, 4.69) is 13.0 Å². The first-order chi connectivity index (χ1) is 13.3. The van der Waals surface area contributed by atoms with E-state index in [0.717, 1.165) is 16.9 Å². The molecule has 0 saturated heterocycles. The predicted octanol–water partition coefficient (Wildman–Crippen LogP) is 5.20. The maximum Gasteiger partial charge on any atom is 0.230 e. The van der Waals surface area contributed by atoms with Crippen LogP contribution in [0.3, 0.4) is 0 Å². The Hall–Kier alpha value is -2.62. The fourth-order valence-corrected chi connectivity index (χ4v) is 3.97. The van der Waals surface area contributed by atoms with Crippen LogP contribution in [0.25, 0.3) is 0 Å². The van der Waals surface area contributed by atoms with Gasteiger partial charge in [0.25, 0.3) is 0 Å². The number of hydrogen-bond acceptors (Lipinski definition) is 2. The molecule has 2 aromatic rings. The highest BCUT2D eigenvalue weighted by atomic mass is 16.2. The third-order valence-electron chi connectivity index (χ3n) is 5.37. The Labute approximate surface area is 168 Å². The van der Waals surface area contributed by atoms with Crippen LogP contribution in [0.2, 0.25) is 0 Å². The van der Waals surface area contributed by atoms with E-state index in [1.165, 1.54) is 0 Å². The summed E-state index contributed by atoms with van der Waals surface area (Å²) < 4.78 is 0. The second-order valence-corrected chi connectivity index (χ2v) is 8.22. The number of anilines is 2. The average molecular weight is 379 g/mol. The van der Waals surface area contributed by atoms with Crippen molar-refractivity contribution in [1.29, 1.82) is 0 Å². The topological polar surface area (TPSA) is 40.6 Å². The van der Waals surface area contributed by atoms with Gasteiger partial charge in [-0.05, 0) is 37.1 Å². The molecule has 2 aromatic carbocycles. The molecule has 1 heterocycles. The average Bonchev–Trinajstić information content (AvgIpc) is 2.68. The monoisotopic (exact) mass is 378 g/mol. The van der Waals surface area contributed by atoms with Gasteiger partial charge in [-0.15, -0.1) is 0 Å². The molecule has 4 nitrogen and oxygen atoms in total. The number of rotatable bonds is 4. The first-order valence-corrected chi connectivity index (χ1v) is 10.1. The lowest BCUT2D eigenvalue weighted by atomic mass is 9.88. The van der Waals surface area contributed by atoms with Gasteiger partial charge in [0.1, 0.15) is 0 Å². The van der Waals surface area contributed by atoms with Gasteiger partial charge in [-0.3, -0.25) is 9.59 Å². The third kappa shape index (κ3) is 3.68. The Morgan fingerprint density at radius 1 is 0.929 bits per heavy atom. The van der Waals surface area contributed by atoms with Crippen molar-refractivity contribution in [2.75, 3.05) is 9.80 Å². The number of para-hydroxylation sites is 2. The molecule has 148 valence electrons. The van der Waals surface area contributed by atoms with Gasteiger partial charge in [-0.2, -0.15) is 0 Å². The van der Waals surface area contributed by atoms with Gasteiger partial charge in [0, 0.05) is 29.3 Å². The van der Waals surface area contributed by atoms with Crippen molar-refractivity contribution >= 4 is 23.2 Å². The summed E-state index contributed by atoms with van der Waals surface area (Å²) in [5.41, 5.74) is 2.85. The molecule has 1 aliphatic heterocycles. The Morgan fingerprint density at radius 2 is 1.54 bits per heavy atom. The lowest BCUT2D eigenvalue weighted by Gasteiger charge is -2.44. The van der Waals surface area contributed by atoms with Crippen LogP contribution in [0.1, 0.15) is 52.6 Å². The molecule has 0 saturated carbocycles. The van der Waals surface area contributed by atoms with Crippen molar-refractivity contribution in [1.82, 2.24) is 0 Å². The number of hydrogen-bond donors (Lipinski definition) is 0. The van der Waals surface area contributed by atoms with Crippen LogP contribution in [0.4, 0.5) is 11.4 Å². The van der Waals surface area contributed by atoms with Crippen LogP contribution in [-0.4, -0.2) is 17.9 Å². The molecule has 0 N–H and O–H groups in total.